The predicted octanol–water partition coefficient (Wildman–Crippen LogP) is 2.22. The Bertz CT molecular complexity index is 412. The molecule has 4 heteroatoms. The van der Waals surface area contributed by atoms with Crippen LogP contribution in [0.2, 0.25) is 0 Å². The molecule has 0 spiro atoms. The third kappa shape index (κ3) is 2.27. The van der Waals surface area contributed by atoms with E-state index in [4.69, 9.17) is 15.7 Å². The van der Waals surface area contributed by atoms with Crippen molar-refractivity contribution in [2.75, 3.05) is 7.11 Å². The van der Waals surface area contributed by atoms with E-state index in [-0.39, 0.29) is 5.84 Å². The standard InChI is InChI=1S/C12H18N2O2/c1-7(2)9-6-10(12(13)14-15)8(3)5-11(9)16-4/h5-7,15H,1-4H3,(H2,13,14). The minimum absolute atomic E-state index is 0.127. The van der Waals surface area contributed by atoms with Crippen LogP contribution in [-0.2, 0) is 0 Å². The van der Waals surface area contributed by atoms with Gasteiger partial charge in [-0.1, -0.05) is 19.0 Å². The normalized spacial score (nSPS) is 11.9. The second-order valence-corrected chi connectivity index (χ2v) is 4.05. The van der Waals surface area contributed by atoms with Crippen molar-refractivity contribution in [2.24, 2.45) is 10.9 Å². The molecule has 0 unspecified atom stereocenters. The van der Waals surface area contributed by atoms with Crippen molar-refractivity contribution < 1.29 is 9.94 Å². The molecule has 0 aliphatic carbocycles. The molecule has 0 aliphatic heterocycles. The zero-order valence-corrected chi connectivity index (χ0v) is 10.1. The molecule has 0 radical (unpaired) electrons. The Morgan fingerprint density at radius 3 is 2.50 bits per heavy atom. The van der Waals surface area contributed by atoms with Crippen LogP contribution in [0.3, 0.4) is 0 Å². The predicted molar refractivity (Wildman–Crippen MR) is 64.3 cm³/mol. The molecule has 0 atom stereocenters. The molecular weight excluding hydrogens is 204 g/mol. The first-order chi connectivity index (χ1) is 7.51. The lowest BCUT2D eigenvalue weighted by Gasteiger charge is -2.15. The molecule has 4 nitrogen and oxygen atoms in total. The van der Waals surface area contributed by atoms with E-state index in [9.17, 15) is 0 Å². The summed E-state index contributed by atoms with van der Waals surface area (Å²) < 4.78 is 5.31. The third-order valence-corrected chi connectivity index (χ3v) is 2.58. The number of nitrogens with zero attached hydrogens (tertiary/aromatic N) is 1. The highest BCUT2D eigenvalue weighted by atomic mass is 16.5. The van der Waals surface area contributed by atoms with Gasteiger partial charge in [-0.2, -0.15) is 0 Å². The van der Waals surface area contributed by atoms with Gasteiger partial charge < -0.3 is 15.7 Å². The van der Waals surface area contributed by atoms with Gasteiger partial charge in [0, 0.05) is 5.56 Å². The van der Waals surface area contributed by atoms with Gasteiger partial charge in [0.2, 0.25) is 0 Å². The van der Waals surface area contributed by atoms with Crippen LogP contribution >= 0.6 is 0 Å². The molecule has 0 heterocycles. The van der Waals surface area contributed by atoms with Crippen molar-refractivity contribution in [1.82, 2.24) is 0 Å². The van der Waals surface area contributed by atoms with Gasteiger partial charge in [-0.25, -0.2) is 0 Å². The third-order valence-electron chi connectivity index (χ3n) is 2.58. The number of rotatable bonds is 3. The van der Waals surface area contributed by atoms with Crippen LogP contribution < -0.4 is 10.5 Å². The van der Waals surface area contributed by atoms with E-state index in [1.165, 1.54) is 0 Å². The second kappa shape index (κ2) is 4.88. The summed E-state index contributed by atoms with van der Waals surface area (Å²) in [5.41, 5.74) is 8.34. The monoisotopic (exact) mass is 222 g/mol. The Morgan fingerprint density at radius 1 is 1.44 bits per heavy atom. The lowest BCUT2D eigenvalue weighted by atomic mass is 9.96. The van der Waals surface area contributed by atoms with Crippen molar-refractivity contribution in [3.63, 3.8) is 0 Å². The first-order valence-corrected chi connectivity index (χ1v) is 5.17. The fraction of sp³-hybridized carbons (Fsp3) is 0.417. The van der Waals surface area contributed by atoms with E-state index in [1.54, 1.807) is 7.11 Å². The molecule has 0 fully saturated rings. The molecule has 1 aromatic rings. The molecule has 0 saturated heterocycles. The fourth-order valence-corrected chi connectivity index (χ4v) is 1.66. The van der Waals surface area contributed by atoms with Crippen LogP contribution in [-0.4, -0.2) is 18.2 Å². The summed E-state index contributed by atoms with van der Waals surface area (Å²) in [6.45, 7) is 6.05. The number of nitrogens with two attached hydrogens (primary N) is 1. The summed E-state index contributed by atoms with van der Waals surface area (Å²) in [6.07, 6.45) is 0. The number of hydrogen-bond acceptors (Lipinski definition) is 3. The Labute approximate surface area is 95.7 Å². The highest BCUT2D eigenvalue weighted by Crippen LogP contribution is 2.29. The molecular formula is C12H18N2O2. The highest BCUT2D eigenvalue weighted by Gasteiger charge is 2.13. The molecule has 16 heavy (non-hydrogen) atoms. The van der Waals surface area contributed by atoms with Crippen LogP contribution in [0.1, 0.15) is 36.5 Å². The van der Waals surface area contributed by atoms with Gasteiger partial charge in [0.1, 0.15) is 5.75 Å². The maximum Gasteiger partial charge on any atom is 0.170 e. The summed E-state index contributed by atoms with van der Waals surface area (Å²) in [5.74, 6) is 1.28. The van der Waals surface area contributed by atoms with E-state index in [1.807, 2.05) is 19.1 Å². The van der Waals surface area contributed by atoms with E-state index >= 15 is 0 Å². The Hall–Kier alpha value is -1.71. The fourth-order valence-electron chi connectivity index (χ4n) is 1.66. The number of methoxy groups -OCH3 is 1. The van der Waals surface area contributed by atoms with Crippen molar-refractivity contribution in [2.45, 2.75) is 26.7 Å². The number of ether oxygens (including phenoxy) is 1. The number of hydrogen-bond donors (Lipinski definition) is 2. The SMILES string of the molecule is COc1cc(C)c(/C(N)=N/O)cc1C(C)C. The van der Waals surface area contributed by atoms with Crippen LogP contribution in [0, 0.1) is 6.92 Å². The molecule has 88 valence electrons. The average Bonchev–Trinajstić information content (AvgIpc) is 2.27. The summed E-state index contributed by atoms with van der Waals surface area (Å²) in [7, 11) is 1.64. The highest BCUT2D eigenvalue weighted by molar-refractivity contribution is 5.98. The average molecular weight is 222 g/mol. The van der Waals surface area contributed by atoms with E-state index in [0.29, 0.717) is 5.92 Å². The maximum absolute atomic E-state index is 8.70. The van der Waals surface area contributed by atoms with E-state index in [0.717, 1.165) is 22.4 Å². The Kier molecular flexibility index (Phi) is 3.77. The molecule has 0 saturated carbocycles. The summed E-state index contributed by atoms with van der Waals surface area (Å²) in [4.78, 5) is 0. The molecule has 0 aliphatic rings. The second-order valence-electron chi connectivity index (χ2n) is 4.05. The minimum Gasteiger partial charge on any atom is -0.496 e. The molecule has 0 amide bonds. The lowest BCUT2D eigenvalue weighted by Crippen LogP contribution is -2.15. The minimum atomic E-state index is 0.127. The van der Waals surface area contributed by atoms with E-state index in [2.05, 4.69) is 19.0 Å². The van der Waals surface area contributed by atoms with Gasteiger partial charge in [0.25, 0.3) is 0 Å². The number of amidine groups is 1. The van der Waals surface area contributed by atoms with Gasteiger partial charge in [-0.15, -0.1) is 0 Å². The zero-order chi connectivity index (χ0) is 12.3. The number of oxime groups is 1. The van der Waals surface area contributed by atoms with Crippen LogP contribution in [0.15, 0.2) is 17.3 Å². The van der Waals surface area contributed by atoms with Gasteiger partial charge in [0.05, 0.1) is 7.11 Å². The largest absolute Gasteiger partial charge is 0.496 e. The quantitative estimate of drug-likeness (QED) is 0.356. The Morgan fingerprint density at radius 2 is 2.06 bits per heavy atom. The lowest BCUT2D eigenvalue weighted by molar-refractivity contribution is 0.318. The van der Waals surface area contributed by atoms with Gasteiger partial charge in [-0.3, -0.25) is 0 Å². The van der Waals surface area contributed by atoms with Crippen LogP contribution in [0.4, 0.5) is 0 Å². The van der Waals surface area contributed by atoms with Crippen LogP contribution in [0.5, 0.6) is 5.75 Å². The van der Waals surface area contributed by atoms with Crippen LogP contribution in [0.25, 0.3) is 0 Å². The Balaban J connectivity index is 3.39. The molecule has 1 rings (SSSR count). The van der Waals surface area contributed by atoms with Gasteiger partial charge in [0.15, 0.2) is 5.84 Å². The first-order valence-electron chi connectivity index (χ1n) is 5.17. The summed E-state index contributed by atoms with van der Waals surface area (Å²) >= 11 is 0. The molecule has 3 N–H and O–H groups in total. The number of aryl methyl sites for hydroxylation is 1. The summed E-state index contributed by atoms with van der Waals surface area (Å²) in [5, 5.41) is 11.7. The summed E-state index contributed by atoms with van der Waals surface area (Å²) in [6, 6.07) is 3.82. The van der Waals surface area contributed by atoms with Crippen molar-refractivity contribution >= 4 is 5.84 Å². The van der Waals surface area contributed by atoms with Gasteiger partial charge >= 0.3 is 0 Å². The van der Waals surface area contributed by atoms with Crippen molar-refractivity contribution in [3.05, 3.63) is 28.8 Å². The topological polar surface area (TPSA) is 67.8 Å². The first kappa shape index (κ1) is 12.4. The number of benzene rings is 1. The van der Waals surface area contributed by atoms with Crippen molar-refractivity contribution in [1.29, 1.82) is 0 Å². The molecule has 0 bridgehead atoms. The molecule has 1 aromatic carbocycles. The van der Waals surface area contributed by atoms with Gasteiger partial charge in [-0.05, 0) is 36.1 Å². The smallest absolute Gasteiger partial charge is 0.170 e. The van der Waals surface area contributed by atoms with Crippen molar-refractivity contribution in [3.8, 4) is 5.75 Å². The molecule has 0 aromatic heterocycles. The zero-order valence-electron chi connectivity index (χ0n) is 10.1. The van der Waals surface area contributed by atoms with E-state index < -0.39 is 0 Å². The maximum atomic E-state index is 8.70.